The summed E-state index contributed by atoms with van der Waals surface area (Å²) in [6.45, 7) is 6.37. The van der Waals surface area contributed by atoms with Crippen LogP contribution in [-0.2, 0) is 0 Å². The highest BCUT2D eigenvalue weighted by Crippen LogP contribution is 2.15. The van der Waals surface area contributed by atoms with Crippen LogP contribution >= 0.6 is 0 Å². The SMILES string of the molecule is CCN(CC)c1ccnc(C=Cc2ccccc2)c1. The normalized spacial score (nSPS) is 10.8. The molecule has 1 aromatic heterocycles. The second-order valence-corrected chi connectivity index (χ2v) is 4.36. The van der Waals surface area contributed by atoms with E-state index in [1.54, 1.807) is 0 Å². The van der Waals surface area contributed by atoms with Crippen molar-refractivity contribution in [1.29, 1.82) is 0 Å². The molecule has 19 heavy (non-hydrogen) atoms. The number of rotatable bonds is 5. The molecule has 2 nitrogen and oxygen atoms in total. The molecule has 0 spiro atoms. The molecule has 0 radical (unpaired) electrons. The van der Waals surface area contributed by atoms with Crippen molar-refractivity contribution in [3.63, 3.8) is 0 Å². The lowest BCUT2D eigenvalue weighted by Crippen LogP contribution is -2.21. The van der Waals surface area contributed by atoms with Gasteiger partial charge in [0.15, 0.2) is 0 Å². The second-order valence-electron chi connectivity index (χ2n) is 4.36. The van der Waals surface area contributed by atoms with Gasteiger partial charge in [-0.3, -0.25) is 4.98 Å². The van der Waals surface area contributed by atoms with Crippen LogP contribution in [0.15, 0.2) is 48.7 Å². The van der Waals surface area contributed by atoms with Gasteiger partial charge in [-0.15, -0.1) is 0 Å². The first-order valence-electron chi connectivity index (χ1n) is 6.77. The van der Waals surface area contributed by atoms with E-state index in [4.69, 9.17) is 0 Å². The molecule has 0 bridgehead atoms. The fourth-order valence-corrected chi connectivity index (χ4v) is 2.06. The Bertz CT molecular complexity index is 528. The third-order valence-electron chi connectivity index (χ3n) is 3.14. The van der Waals surface area contributed by atoms with Crippen molar-refractivity contribution in [2.24, 2.45) is 0 Å². The smallest absolute Gasteiger partial charge is 0.0650 e. The summed E-state index contributed by atoms with van der Waals surface area (Å²) < 4.78 is 0. The summed E-state index contributed by atoms with van der Waals surface area (Å²) in [6.07, 6.45) is 6.02. The summed E-state index contributed by atoms with van der Waals surface area (Å²) in [5.74, 6) is 0. The molecule has 0 fully saturated rings. The van der Waals surface area contributed by atoms with Crippen LogP contribution in [0.5, 0.6) is 0 Å². The molecule has 0 unspecified atom stereocenters. The predicted molar refractivity (Wildman–Crippen MR) is 83.2 cm³/mol. The van der Waals surface area contributed by atoms with Gasteiger partial charge in [0.05, 0.1) is 5.69 Å². The van der Waals surface area contributed by atoms with Crippen molar-refractivity contribution in [3.8, 4) is 0 Å². The van der Waals surface area contributed by atoms with Gasteiger partial charge in [-0.1, -0.05) is 36.4 Å². The predicted octanol–water partition coefficient (Wildman–Crippen LogP) is 4.10. The Kier molecular flexibility index (Phi) is 4.73. The van der Waals surface area contributed by atoms with Gasteiger partial charge in [-0.05, 0) is 37.6 Å². The molecule has 2 rings (SSSR count). The van der Waals surface area contributed by atoms with Gasteiger partial charge in [-0.25, -0.2) is 0 Å². The van der Waals surface area contributed by atoms with Crippen molar-refractivity contribution in [2.75, 3.05) is 18.0 Å². The van der Waals surface area contributed by atoms with E-state index in [1.807, 2.05) is 24.4 Å². The highest BCUT2D eigenvalue weighted by atomic mass is 15.1. The molecule has 2 heteroatoms. The minimum atomic E-state index is 0.994. The highest BCUT2D eigenvalue weighted by molar-refractivity contribution is 5.69. The van der Waals surface area contributed by atoms with Gasteiger partial charge in [0, 0.05) is 25.0 Å². The first-order valence-corrected chi connectivity index (χ1v) is 6.77. The number of aromatic nitrogens is 1. The number of pyridine rings is 1. The molecular weight excluding hydrogens is 232 g/mol. The maximum absolute atomic E-state index is 4.39. The topological polar surface area (TPSA) is 16.1 Å². The summed E-state index contributed by atoms with van der Waals surface area (Å²) in [5.41, 5.74) is 3.42. The van der Waals surface area contributed by atoms with E-state index in [9.17, 15) is 0 Å². The van der Waals surface area contributed by atoms with Gasteiger partial charge in [0.1, 0.15) is 0 Å². The van der Waals surface area contributed by atoms with E-state index in [0.29, 0.717) is 0 Å². The van der Waals surface area contributed by atoms with Crippen LogP contribution in [0, 0.1) is 0 Å². The minimum Gasteiger partial charge on any atom is -0.372 e. The fourth-order valence-electron chi connectivity index (χ4n) is 2.06. The lowest BCUT2D eigenvalue weighted by Gasteiger charge is -2.20. The van der Waals surface area contributed by atoms with Gasteiger partial charge >= 0.3 is 0 Å². The Labute approximate surface area is 115 Å². The quantitative estimate of drug-likeness (QED) is 0.796. The summed E-state index contributed by atoms with van der Waals surface area (Å²) in [7, 11) is 0. The zero-order chi connectivity index (χ0) is 13.5. The van der Waals surface area contributed by atoms with Crippen molar-refractivity contribution in [1.82, 2.24) is 4.98 Å². The maximum Gasteiger partial charge on any atom is 0.0650 e. The summed E-state index contributed by atoms with van der Waals surface area (Å²) >= 11 is 0. The van der Waals surface area contributed by atoms with E-state index in [0.717, 1.165) is 18.8 Å². The molecule has 0 aliphatic carbocycles. The van der Waals surface area contributed by atoms with Crippen LogP contribution in [0.4, 0.5) is 5.69 Å². The van der Waals surface area contributed by atoms with Crippen LogP contribution in [0.25, 0.3) is 12.2 Å². The third kappa shape index (κ3) is 3.68. The summed E-state index contributed by atoms with van der Waals surface area (Å²) in [5, 5.41) is 0. The highest BCUT2D eigenvalue weighted by Gasteiger charge is 2.01. The summed E-state index contributed by atoms with van der Waals surface area (Å²) in [4.78, 5) is 6.71. The first-order chi connectivity index (χ1) is 9.33. The summed E-state index contributed by atoms with van der Waals surface area (Å²) in [6, 6.07) is 14.5. The molecule has 0 saturated carbocycles. The lowest BCUT2D eigenvalue weighted by atomic mass is 10.2. The van der Waals surface area contributed by atoms with Crippen LogP contribution in [0.1, 0.15) is 25.1 Å². The number of hydrogen-bond donors (Lipinski definition) is 0. The average molecular weight is 252 g/mol. The molecule has 0 saturated heterocycles. The third-order valence-corrected chi connectivity index (χ3v) is 3.14. The second kappa shape index (κ2) is 6.74. The van der Waals surface area contributed by atoms with Gasteiger partial charge in [0.25, 0.3) is 0 Å². The molecule has 1 heterocycles. The zero-order valence-corrected chi connectivity index (χ0v) is 11.6. The van der Waals surface area contributed by atoms with E-state index < -0.39 is 0 Å². The van der Waals surface area contributed by atoms with Crippen molar-refractivity contribution in [3.05, 3.63) is 59.9 Å². The standard InChI is InChI=1S/C17H20N2/c1-3-19(4-2)17-12-13-18-16(14-17)11-10-15-8-6-5-7-9-15/h5-14H,3-4H2,1-2H3. The van der Waals surface area contributed by atoms with E-state index >= 15 is 0 Å². The molecular formula is C17H20N2. The molecule has 2 aromatic rings. The largest absolute Gasteiger partial charge is 0.372 e. The van der Waals surface area contributed by atoms with Crippen molar-refractivity contribution in [2.45, 2.75) is 13.8 Å². The van der Waals surface area contributed by atoms with Crippen LogP contribution in [0.2, 0.25) is 0 Å². The minimum absolute atomic E-state index is 0.994. The number of hydrogen-bond acceptors (Lipinski definition) is 2. The number of benzene rings is 1. The number of nitrogens with zero attached hydrogens (tertiary/aromatic N) is 2. The molecule has 0 amide bonds. The van der Waals surface area contributed by atoms with E-state index in [1.165, 1.54) is 11.3 Å². The molecule has 0 aliphatic heterocycles. The molecule has 0 aliphatic rings. The van der Waals surface area contributed by atoms with Gasteiger partial charge in [0.2, 0.25) is 0 Å². The maximum atomic E-state index is 4.39. The molecule has 1 aromatic carbocycles. The van der Waals surface area contributed by atoms with Gasteiger partial charge in [-0.2, -0.15) is 0 Å². The monoisotopic (exact) mass is 252 g/mol. The molecule has 0 atom stereocenters. The molecule has 98 valence electrons. The Morgan fingerprint density at radius 1 is 1.00 bits per heavy atom. The van der Waals surface area contributed by atoms with Crippen molar-refractivity contribution >= 4 is 17.8 Å². The Balaban J connectivity index is 2.17. The average Bonchev–Trinajstić information content (AvgIpc) is 2.48. The first kappa shape index (κ1) is 13.3. The lowest BCUT2D eigenvalue weighted by molar-refractivity contribution is 0.864. The Hall–Kier alpha value is -2.09. The van der Waals surface area contributed by atoms with Crippen LogP contribution in [0.3, 0.4) is 0 Å². The Morgan fingerprint density at radius 2 is 1.74 bits per heavy atom. The van der Waals surface area contributed by atoms with E-state index in [-0.39, 0.29) is 0 Å². The van der Waals surface area contributed by atoms with Crippen LogP contribution < -0.4 is 4.90 Å². The van der Waals surface area contributed by atoms with Gasteiger partial charge < -0.3 is 4.90 Å². The Morgan fingerprint density at radius 3 is 2.42 bits per heavy atom. The van der Waals surface area contributed by atoms with Crippen molar-refractivity contribution < 1.29 is 0 Å². The zero-order valence-electron chi connectivity index (χ0n) is 11.6. The van der Waals surface area contributed by atoms with Crippen LogP contribution in [-0.4, -0.2) is 18.1 Å². The fraction of sp³-hybridized carbons (Fsp3) is 0.235. The number of anilines is 1. The molecule has 0 N–H and O–H groups in total. The van der Waals surface area contributed by atoms with E-state index in [2.05, 4.69) is 60.1 Å².